The third-order valence-corrected chi connectivity index (χ3v) is 3.90. The van der Waals surface area contributed by atoms with Crippen LogP contribution in [0.2, 0.25) is 5.02 Å². The minimum atomic E-state index is -2.90. The van der Waals surface area contributed by atoms with Crippen LogP contribution >= 0.6 is 11.6 Å². The molecule has 27 heavy (non-hydrogen) atoms. The average Bonchev–Trinajstić information content (AvgIpc) is 2.63. The molecule has 0 saturated heterocycles. The summed E-state index contributed by atoms with van der Waals surface area (Å²) in [6, 6.07) is 8.51. The van der Waals surface area contributed by atoms with Crippen molar-refractivity contribution in [1.82, 2.24) is 15.6 Å². The topological polar surface area (TPSA) is 58.5 Å². The number of hydrogen-bond acceptors (Lipinski definition) is 3. The van der Waals surface area contributed by atoms with Crippen LogP contribution in [0.1, 0.15) is 23.7 Å². The zero-order chi connectivity index (χ0) is 19.6. The molecule has 2 aromatic rings. The fourth-order valence-electron chi connectivity index (χ4n) is 2.36. The summed E-state index contributed by atoms with van der Waals surface area (Å²) in [4.78, 5) is 8.70. The van der Waals surface area contributed by atoms with Crippen molar-refractivity contribution in [3.63, 3.8) is 0 Å². The first kappa shape index (κ1) is 20.9. The Morgan fingerprint density at radius 1 is 1.26 bits per heavy atom. The summed E-state index contributed by atoms with van der Waals surface area (Å²) in [7, 11) is 0. The Morgan fingerprint density at radius 3 is 2.74 bits per heavy atom. The minimum absolute atomic E-state index is 0.0692. The molecular weight excluding hydrogens is 374 g/mol. The molecule has 0 aliphatic carbocycles. The molecule has 5 nitrogen and oxygen atoms in total. The molecule has 2 N–H and O–H groups in total. The van der Waals surface area contributed by atoms with Crippen molar-refractivity contribution in [3.05, 3.63) is 58.4 Å². The number of rotatable bonds is 8. The lowest BCUT2D eigenvalue weighted by molar-refractivity contribution is -0.0504. The van der Waals surface area contributed by atoms with E-state index in [2.05, 4.69) is 25.3 Å². The molecule has 0 spiro atoms. The molecule has 1 aromatic carbocycles. The van der Waals surface area contributed by atoms with E-state index in [-0.39, 0.29) is 12.3 Å². The van der Waals surface area contributed by atoms with E-state index in [0.717, 1.165) is 17.7 Å². The number of benzene rings is 1. The second-order valence-electron chi connectivity index (χ2n) is 5.81. The van der Waals surface area contributed by atoms with E-state index in [1.165, 1.54) is 12.1 Å². The molecule has 0 atom stereocenters. The number of alkyl halides is 2. The molecule has 0 aliphatic rings. The molecule has 8 heteroatoms. The summed E-state index contributed by atoms with van der Waals surface area (Å²) in [6.07, 6.45) is 2.63. The second-order valence-corrected chi connectivity index (χ2v) is 6.25. The fraction of sp³-hybridized carbons (Fsp3) is 0.368. The lowest BCUT2D eigenvalue weighted by Gasteiger charge is -2.13. The van der Waals surface area contributed by atoms with Crippen LogP contribution < -0.4 is 15.4 Å². The summed E-state index contributed by atoms with van der Waals surface area (Å²) < 4.78 is 29.6. The van der Waals surface area contributed by atoms with Crippen molar-refractivity contribution in [2.75, 3.05) is 13.1 Å². The molecule has 1 aromatic heterocycles. The van der Waals surface area contributed by atoms with Gasteiger partial charge in [0.2, 0.25) is 0 Å². The number of pyridine rings is 1. The number of aromatic nitrogens is 1. The van der Waals surface area contributed by atoms with Crippen molar-refractivity contribution >= 4 is 17.6 Å². The summed E-state index contributed by atoms with van der Waals surface area (Å²) in [5.74, 6) is 0.653. The largest absolute Gasteiger partial charge is 0.434 e. The normalized spacial score (nSPS) is 11.6. The second kappa shape index (κ2) is 10.7. The van der Waals surface area contributed by atoms with E-state index in [0.29, 0.717) is 29.6 Å². The predicted octanol–water partition coefficient (Wildman–Crippen LogP) is 3.94. The Hall–Kier alpha value is -2.41. The molecule has 2 rings (SSSR count). The van der Waals surface area contributed by atoms with E-state index in [1.807, 2.05) is 32.2 Å². The Bertz CT molecular complexity index is 754. The standard InChI is InChI=1S/C19H23ClF2N4O/c1-3-23-19(24-9-8-14-5-4-13(2)25-11-14)26-12-15-10-16(20)6-7-17(15)27-18(21)22/h4-7,10-11,18H,3,8-9,12H2,1-2H3,(H2,23,24,26). The summed E-state index contributed by atoms with van der Waals surface area (Å²) in [5, 5.41) is 6.78. The number of nitrogens with one attached hydrogen (secondary N) is 2. The van der Waals surface area contributed by atoms with E-state index in [9.17, 15) is 8.78 Å². The summed E-state index contributed by atoms with van der Waals surface area (Å²) >= 11 is 5.96. The number of aliphatic imine (C=N–C) groups is 1. The zero-order valence-corrected chi connectivity index (χ0v) is 16.1. The third-order valence-electron chi connectivity index (χ3n) is 3.67. The van der Waals surface area contributed by atoms with E-state index >= 15 is 0 Å². The lowest BCUT2D eigenvalue weighted by Crippen LogP contribution is -2.38. The zero-order valence-electron chi connectivity index (χ0n) is 15.3. The maximum Gasteiger partial charge on any atom is 0.387 e. The van der Waals surface area contributed by atoms with Gasteiger partial charge >= 0.3 is 6.61 Å². The molecule has 0 bridgehead atoms. The maximum absolute atomic E-state index is 12.6. The van der Waals surface area contributed by atoms with Crippen molar-refractivity contribution in [2.45, 2.75) is 33.4 Å². The van der Waals surface area contributed by atoms with Gasteiger partial charge < -0.3 is 15.4 Å². The smallest absolute Gasteiger partial charge is 0.387 e. The molecule has 146 valence electrons. The van der Waals surface area contributed by atoms with Crippen molar-refractivity contribution in [2.24, 2.45) is 4.99 Å². The van der Waals surface area contributed by atoms with Gasteiger partial charge in [0.25, 0.3) is 0 Å². The van der Waals surface area contributed by atoms with Crippen LogP contribution in [0, 0.1) is 6.92 Å². The van der Waals surface area contributed by atoms with Gasteiger partial charge in [-0.15, -0.1) is 0 Å². The van der Waals surface area contributed by atoms with Gasteiger partial charge in [-0.25, -0.2) is 4.99 Å². The van der Waals surface area contributed by atoms with Crippen LogP contribution in [0.3, 0.4) is 0 Å². The molecular formula is C19H23ClF2N4O. The van der Waals surface area contributed by atoms with Gasteiger partial charge in [-0.1, -0.05) is 17.7 Å². The van der Waals surface area contributed by atoms with Crippen LogP contribution in [-0.4, -0.2) is 30.6 Å². The maximum atomic E-state index is 12.6. The first-order valence-electron chi connectivity index (χ1n) is 8.65. The van der Waals surface area contributed by atoms with Gasteiger partial charge in [0.1, 0.15) is 5.75 Å². The average molecular weight is 397 g/mol. The van der Waals surface area contributed by atoms with Gasteiger partial charge in [0.05, 0.1) is 6.54 Å². The minimum Gasteiger partial charge on any atom is -0.434 e. The highest BCUT2D eigenvalue weighted by atomic mass is 35.5. The first-order chi connectivity index (χ1) is 13.0. The third kappa shape index (κ3) is 7.38. The number of hydrogen-bond donors (Lipinski definition) is 2. The van der Waals surface area contributed by atoms with Crippen molar-refractivity contribution in [3.8, 4) is 5.75 Å². The molecule has 0 fully saturated rings. The highest BCUT2D eigenvalue weighted by molar-refractivity contribution is 6.30. The van der Waals surface area contributed by atoms with Gasteiger partial charge in [0, 0.05) is 35.6 Å². The molecule has 0 unspecified atom stereocenters. The van der Waals surface area contributed by atoms with Crippen LogP contribution in [0.15, 0.2) is 41.5 Å². The summed E-state index contributed by atoms with van der Waals surface area (Å²) in [5.41, 5.74) is 2.58. The van der Waals surface area contributed by atoms with Crippen molar-refractivity contribution < 1.29 is 13.5 Å². The predicted molar refractivity (Wildman–Crippen MR) is 104 cm³/mol. The number of guanidine groups is 1. The Kier molecular flexibility index (Phi) is 8.26. The van der Waals surface area contributed by atoms with Crippen LogP contribution in [0.4, 0.5) is 8.78 Å². The van der Waals surface area contributed by atoms with E-state index in [4.69, 9.17) is 11.6 Å². The quantitative estimate of drug-likeness (QED) is 0.524. The van der Waals surface area contributed by atoms with E-state index in [1.54, 1.807) is 6.07 Å². The molecule has 0 radical (unpaired) electrons. The lowest BCUT2D eigenvalue weighted by atomic mass is 10.2. The molecule has 0 saturated carbocycles. The van der Waals surface area contributed by atoms with Crippen LogP contribution in [0.5, 0.6) is 5.75 Å². The van der Waals surface area contributed by atoms with Crippen LogP contribution in [0.25, 0.3) is 0 Å². The number of nitrogens with zero attached hydrogens (tertiary/aromatic N) is 2. The van der Waals surface area contributed by atoms with Crippen molar-refractivity contribution in [1.29, 1.82) is 0 Å². The van der Waals surface area contributed by atoms with Gasteiger partial charge in [-0.2, -0.15) is 8.78 Å². The highest BCUT2D eigenvalue weighted by Crippen LogP contribution is 2.25. The highest BCUT2D eigenvalue weighted by Gasteiger charge is 2.10. The summed E-state index contributed by atoms with van der Waals surface area (Å²) in [6.45, 7) is 2.49. The van der Waals surface area contributed by atoms with Gasteiger partial charge in [-0.05, 0) is 50.1 Å². The SMILES string of the molecule is CCNC(=NCc1cc(Cl)ccc1OC(F)F)NCCc1ccc(C)nc1. The molecule has 0 aliphatic heterocycles. The van der Waals surface area contributed by atoms with E-state index < -0.39 is 6.61 Å². The van der Waals surface area contributed by atoms with Crippen LogP contribution in [-0.2, 0) is 13.0 Å². The Morgan fingerprint density at radius 2 is 2.07 bits per heavy atom. The Labute approximate surface area is 162 Å². The number of ether oxygens (including phenoxy) is 1. The monoisotopic (exact) mass is 396 g/mol. The number of halogens is 3. The molecule has 1 heterocycles. The van der Waals surface area contributed by atoms with Gasteiger partial charge in [-0.3, -0.25) is 4.98 Å². The molecule has 0 amide bonds. The fourth-order valence-corrected chi connectivity index (χ4v) is 2.55. The number of aryl methyl sites for hydroxylation is 1. The first-order valence-corrected chi connectivity index (χ1v) is 9.02. The Balaban J connectivity index is 2.00. The van der Waals surface area contributed by atoms with Gasteiger partial charge in [0.15, 0.2) is 5.96 Å².